The summed E-state index contributed by atoms with van der Waals surface area (Å²) < 4.78 is 11.0. The van der Waals surface area contributed by atoms with Crippen molar-refractivity contribution in [3.05, 3.63) is 23.8 Å². The number of fused-ring (bicyclic) bond motifs is 1. The average molecular weight is 293 g/mol. The number of benzene rings is 1. The molecule has 0 unspecified atom stereocenters. The third-order valence-corrected chi connectivity index (χ3v) is 3.66. The van der Waals surface area contributed by atoms with E-state index in [1.807, 2.05) is 0 Å². The van der Waals surface area contributed by atoms with Crippen LogP contribution in [0.25, 0.3) is 0 Å². The summed E-state index contributed by atoms with van der Waals surface area (Å²) in [4.78, 5) is 24.9. The normalized spacial score (nSPS) is 14.2. The van der Waals surface area contributed by atoms with E-state index >= 15 is 0 Å². The molecular formula is C15H19NO5. The maximum Gasteiger partial charge on any atom is 0.329 e. The van der Waals surface area contributed by atoms with Crippen molar-refractivity contribution in [2.75, 3.05) is 20.3 Å². The van der Waals surface area contributed by atoms with Crippen LogP contribution in [0.1, 0.15) is 30.6 Å². The first-order chi connectivity index (χ1) is 9.84. The van der Waals surface area contributed by atoms with Gasteiger partial charge in [-0.15, -0.1) is 0 Å². The third kappa shape index (κ3) is 2.94. The highest BCUT2D eigenvalue weighted by Gasteiger charge is 2.35. The summed E-state index contributed by atoms with van der Waals surface area (Å²) in [6.07, 6.45) is 0.782. The summed E-state index contributed by atoms with van der Waals surface area (Å²) in [6, 6.07) is 4.89. The van der Waals surface area contributed by atoms with Crippen LogP contribution in [-0.2, 0) is 4.79 Å². The predicted octanol–water partition coefficient (Wildman–Crippen LogP) is 1.78. The zero-order chi connectivity index (χ0) is 15.6. The van der Waals surface area contributed by atoms with E-state index in [9.17, 15) is 14.7 Å². The summed E-state index contributed by atoms with van der Waals surface area (Å²) in [5, 5.41) is 9.20. The topological polar surface area (TPSA) is 76.1 Å². The molecule has 114 valence electrons. The number of ether oxygens (including phenoxy) is 2. The van der Waals surface area contributed by atoms with Crippen molar-refractivity contribution < 1.29 is 24.2 Å². The van der Waals surface area contributed by atoms with E-state index in [-0.39, 0.29) is 5.91 Å². The highest BCUT2D eigenvalue weighted by atomic mass is 16.5. The van der Waals surface area contributed by atoms with Crippen molar-refractivity contribution >= 4 is 11.9 Å². The molecule has 6 heteroatoms. The van der Waals surface area contributed by atoms with Crippen LogP contribution in [-0.4, -0.2) is 47.7 Å². The Balaban J connectivity index is 2.28. The molecular weight excluding hydrogens is 274 g/mol. The fourth-order valence-corrected chi connectivity index (χ4v) is 1.89. The number of likely N-dealkylation sites (N-methyl/N-ethyl adjacent to an activating group) is 1. The molecule has 0 radical (unpaired) electrons. The van der Waals surface area contributed by atoms with Gasteiger partial charge in [-0.2, -0.15) is 0 Å². The Labute approximate surface area is 123 Å². The van der Waals surface area contributed by atoms with Crippen LogP contribution in [0, 0.1) is 0 Å². The lowest BCUT2D eigenvalue weighted by molar-refractivity contribution is -0.147. The Morgan fingerprint density at radius 3 is 2.43 bits per heavy atom. The van der Waals surface area contributed by atoms with Crippen molar-refractivity contribution in [3.8, 4) is 11.5 Å². The Kier molecular flexibility index (Phi) is 4.06. The molecule has 1 N–H and O–H groups in total. The quantitative estimate of drug-likeness (QED) is 0.919. The van der Waals surface area contributed by atoms with Gasteiger partial charge in [-0.3, -0.25) is 4.79 Å². The highest BCUT2D eigenvalue weighted by molar-refractivity contribution is 5.98. The van der Waals surface area contributed by atoms with E-state index in [0.29, 0.717) is 30.3 Å². The molecule has 0 bridgehead atoms. The minimum atomic E-state index is -1.29. The molecule has 0 saturated heterocycles. The van der Waals surface area contributed by atoms with Gasteiger partial charge in [-0.1, -0.05) is 0 Å². The van der Waals surface area contributed by atoms with Crippen LogP contribution in [0.5, 0.6) is 11.5 Å². The summed E-state index contributed by atoms with van der Waals surface area (Å²) in [6.45, 7) is 4.07. The molecule has 0 saturated carbocycles. The zero-order valence-electron chi connectivity index (χ0n) is 12.4. The van der Waals surface area contributed by atoms with Gasteiger partial charge in [0.1, 0.15) is 5.54 Å². The predicted molar refractivity (Wildman–Crippen MR) is 75.9 cm³/mol. The molecule has 0 aromatic heterocycles. The lowest BCUT2D eigenvalue weighted by Gasteiger charge is -2.31. The first-order valence-electron chi connectivity index (χ1n) is 6.75. The molecule has 1 aliphatic heterocycles. The number of rotatable bonds is 3. The highest BCUT2D eigenvalue weighted by Crippen LogP contribution is 2.31. The fraction of sp³-hybridized carbons (Fsp3) is 0.467. The zero-order valence-corrected chi connectivity index (χ0v) is 12.4. The molecule has 1 aromatic carbocycles. The van der Waals surface area contributed by atoms with Crippen LogP contribution in [0.3, 0.4) is 0 Å². The van der Waals surface area contributed by atoms with Gasteiger partial charge in [0.25, 0.3) is 5.91 Å². The van der Waals surface area contributed by atoms with Crippen molar-refractivity contribution in [1.82, 2.24) is 4.90 Å². The van der Waals surface area contributed by atoms with Crippen molar-refractivity contribution in [2.24, 2.45) is 0 Å². The van der Waals surface area contributed by atoms with Crippen LogP contribution in [0.4, 0.5) is 0 Å². The van der Waals surface area contributed by atoms with Crippen LogP contribution in [0.2, 0.25) is 0 Å². The number of hydrogen-bond acceptors (Lipinski definition) is 4. The fourth-order valence-electron chi connectivity index (χ4n) is 1.89. The van der Waals surface area contributed by atoms with E-state index in [1.165, 1.54) is 25.8 Å². The minimum Gasteiger partial charge on any atom is -0.490 e. The van der Waals surface area contributed by atoms with Gasteiger partial charge in [0.2, 0.25) is 0 Å². The van der Waals surface area contributed by atoms with Gasteiger partial charge in [0.05, 0.1) is 13.2 Å². The van der Waals surface area contributed by atoms with Gasteiger partial charge in [0.15, 0.2) is 11.5 Å². The smallest absolute Gasteiger partial charge is 0.329 e. The monoisotopic (exact) mass is 293 g/mol. The van der Waals surface area contributed by atoms with Crippen LogP contribution in [0.15, 0.2) is 18.2 Å². The maximum absolute atomic E-state index is 12.4. The number of hydrogen-bond donors (Lipinski definition) is 1. The van der Waals surface area contributed by atoms with Gasteiger partial charge < -0.3 is 19.5 Å². The van der Waals surface area contributed by atoms with Crippen LogP contribution < -0.4 is 9.47 Å². The second-order valence-electron chi connectivity index (χ2n) is 5.44. The van der Waals surface area contributed by atoms with Gasteiger partial charge in [-0.05, 0) is 32.0 Å². The number of nitrogens with zero attached hydrogens (tertiary/aromatic N) is 1. The Hall–Kier alpha value is -2.24. The minimum absolute atomic E-state index is 0.371. The molecule has 0 spiro atoms. The van der Waals surface area contributed by atoms with E-state index in [2.05, 4.69) is 0 Å². The molecule has 1 aromatic rings. The molecule has 2 rings (SSSR count). The third-order valence-electron chi connectivity index (χ3n) is 3.66. The first kappa shape index (κ1) is 15.2. The van der Waals surface area contributed by atoms with Gasteiger partial charge in [-0.25, -0.2) is 4.79 Å². The van der Waals surface area contributed by atoms with E-state index < -0.39 is 11.5 Å². The number of carboxylic acid groups (broad SMARTS) is 1. The Morgan fingerprint density at radius 2 is 1.81 bits per heavy atom. The summed E-state index contributed by atoms with van der Waals surface area (Å²) >= 11 is 0. The van der Waals surface area contributed by atoms with Crippen LogP contribution >= 0.6 is 0 Å². The SMILES string of the molecule is CN(C(=O)c1ccc2c(c1)OCCCO2)C(C)(C)C(=O)O. The lowest BCUT2D eigenvalue weighted by atomic mass is 10.0. The summed E-state index contributed by atoms with van der Waals surface area (Å²) in [5.41, 5.74) is -0.919. The summed E-state index contributed by atoms with van der Waals surface area (Å²) in [5.74, 6) is -0.324. The number of amides is 1. The maximum atomic E-state index is 12.4. The lowest BCUT2D eigenvalue weighted by Crippen LogP contribution is -2.50. The number of carboxylic acids is 1. The molecule has 1 amide bonds. The Bertz CT molecular complexity index is 567. The van der Waals surface area contributed by atoms with E-state index in [4.69, 9.17) is 9.47 Å². The van der Waals surface area contributed by atoms with E-state index in [0.717, 1.165) is 6.42 Å². The van der Waals surface area contributed by atoms with Gasteiger partial charge >= 0.3 is 5.97 Å². The molecule has 0 atom stereocenters. The second-order valence-corrected chi connectivity index (χ2v) is 5.44. The second kappa shape index (κ2) is 5.63. The standard InChI is InChI=1S/C15H19NO5/c1-15(2,14(18)19)16(3)13(17)10-5-6-11-12(9-10)21-8-4-7-20-11/h5-6,9H,4,7-8H2,1-3H3,(H,18,19). The molecule has 6 nitrogen and oxygen atoms in total. The number of carbonyl (C=O) groups excluding carboxylic acids is 1. The Morgan fingerprint density at radius 1 is 1.19 bits per heavy atom. The van der Waals surface area contributed by atoms with Gasteiger partial charge in [0, 0.05) is 19.0 Å². The molecule has 0 aliphatic carbocycles. The van der Waals surface area contributed by atoms with E-state index in [1.54, 1.807) is 18.2 Å². The first-order valence-corrected chi connectivity index (χ1v) is 6.75. The molecule has 21 heavy (non-hydrogen) atoms. The molecule has 1 aliphatic rings. The molecule has 0 fully saturated rings. The van der Waals surface area contributed by atoms with Crippen molar-refractivity contribution in [1.29, 1.82) is 0 Å². The van der Waals surface area contributed by atoms with Crippen molar-refractivity contribution in [2.45, 2.75) is 25.8 Å². The summed E-state index contributed by atoms with van der Waals surface area (Å²) in [7, 11) is 1.47. The van der Waals surface area contributed by atoms with Crippen molar-refractivity contribution in [3.63, 3.8) is 0 Å². The number of carbonyl (C=O) groups is 2. The molecule has 1 heterocycles. The number of aliphatic carboxylic acids is 1. The average Bonchev–Trinajstić information content (AvgIpc) is 2.69. The largest absolute Gasteiger partial charge is 0.490 e.